The minimum absolute atomic E-state index is 0.623. The van der Waals surface area contributed by atoms with Crippen molar-refractivity contribution in [1.29, 1.82) is 0 Å². The van der Waals surface area contributed by atoms with Crippen LogP contribution in [0.4, 0.5) is 0 Å². The van der Waals surface area contributed by atoms with E-state index in [4.69, 9.17) is 23.2 Å². The summed E-state index contributed by atoms with van der Waals surface area (Å²) in [7, 11) is 2.14. The highest BCUT2D eigenvalue weighted by atomic mass is 35.5. The molecule has 0 saturated carbocycles. The first-order chi connectivity index (χ1) is 7.99. The van der Waals surface area contributed by atoms with Crippen molar-refractivity contribution in [3.8, 4) is 0 Å². The molecular weight excluding hydrogens is 253 g/mol. The van der Waals surface area contributed by atoms with Crippen LogP contribution in [0, 0.1) is 5.92 Å². The van der Waals surface area contributed by atoms with Gasteiger partial charge in [-0.1, -0.05) is 43.1 Å². The van der Waals surface area contributed by atoms with E-state index in [1.54, 1.807) is 0 Å². The molecule has 1 aromatic carbocycles. The molecule has 0 unspecified atom stereocenters. The molecule has 0 radical (unpaired) electrons. The lowest BCUT2D eigenvalue weighted by molar-refractivity contribution is 0.310. The van der Waals surface area contributed by atoms with Crippen molar-refractivity contribution in [2.45, 2.75) is 33.2 Å². The molecule has 0 N–H and O–H groups in total. The van der Waals surface area contributed by atoms with Gasteiger partial charge in [-0.25, -0.2) is 0 Å². The third kappa shape index (κ3) is 5.76. The molecule has 1 nitrogen and oxygen atoms in total. The molecule has 1 rings (SSSR count). The number of halogens is 2. The maximum Gasteiger partial charge on any atom is 0.0595 e. The molecule has 1 aromatic rings. The Bertz CT molecular complexity index is 350. The summed E-state index contributed by atoms with van der Waals surface area (Å²) in [5, 5.41) is 1.26. The summed E-state index contributed by atoms with van der Waals surface area (Å²) < 4.78 is 0. The van der Waals surface area contributed by atoms with Crippen LogP contribution < -0.4 is 0 Å². The van der Waals surface area contributed by atoms with Crippen molar-refractivity contribution in [2.75, 3.05) is 13.6 Å². The van der Waals surface area contributed by atoms with Crippen molar-refractivity contribution < 1.29 is 0 Å². The Kier molecular flexibility index (Phi) is 6.32. The van der Waals surface area contributed by atoms with Crippen LogP contribution in [0.25, 0.3) is 0 Å². The maximum absolute atomic E-state index is 5.99. The van der Waals surface area contributed by atoms with Crippen LogP contribution in [-0.2, 0) is 6.54 Å². The van der Waals surface area contributed by atoms with Crippen LogP contribution >= 0.6 is 23.2 Å². The average Bonchev–Trinajstić information content (AvgIpc) is 2.23. The Morgan fingerprint density at radius 3 is 2.47 bits per heavy atom. The summed E-state index contributed by atoms with van der Waals surface area (Å²) in [6.45, 7) is 6.57. The van der Waals surface area contributed by atoms with Crippen LogP contribution in [0.2, 0.25) is 10.0 Å². The largest absolute Gasteiger partial charge is 0.302 e. The molecule has 0 saturated heterocycles. The summed E-state index contributed by atoms with van der Waals surface area (Å²) in [5.41, 5.74) is 1.21. The van der Waals surface area contributed by atoms with Gasteiger partial charge in [0.25, 0.3) is 0 Å². The molecule has 0 aliphatic rings. The number of hydrogen-bond donors (Lipinski definition) is 0. The topological polar surface area (TPSA) is 3.24 Å². The van der Waals surface area contributed by atoms with E-state index in [9.17, 15) is 0 Å². The fourth-order valence-corrected chi connectivity index (χ4v) is 2.12. The van der Waals surface area contributed by atoms with Crippen molar-refractivity contribution in [3.63, 3.8) is 0 Å². The fraction of sp³-hybridized carbons (Fsp3) is 0.571. The van der Waals surface area contributed by atoms with E-state index in [0.29, 0.717) is 10.0 Å². The zero-order valence-electron chi connectivity index (χ0n) is 10.8. The van der Waals surface area contributed by atoms with Gasteiger partial charge in [-0.2, -0.15) is 0 Å². The van der Waals surface area contributed by atoms with Gasteiger partial charge in [0.2, 0.25) is 0 Å². The fourth-order valence-electron chi connectivity index (χ4n) is 1.80. The summed E-state index contributed by atoms with van der Waals surface area (Å²) in [6, 6.07) is 5.84. The van der Waals surface area contributed by atoms with Gasteiger partial charge in [-0.3, -0.25) is 0 Å². The number of rotatable bonds is 6. The van der Waals surface area contributed by atoms with E-state index in [1.807, 2.05) is 18.2 Å². The standard InChI is InChI=1S/C14H21Cl2N/c1-11(2)5-4-8-17(3)10-12-6-7-13(15)14(16)9-12/h6-7,9,11H,4-5,8,10H2,1-3H3. The first kappa shape index (κ1) is 14.8. The molecule has 0 heterocycles. The first-order valence-electron chi connectivity index (χ1n) is 6.11. The van der Waals surface area contributed by atoms with Gasteiger partial charge < -0.3 is 4.90 Å². The second-order valence-electron chi connectivity index (χ2n) is 5.02. The number of nitrogens with zero attached hydrogens (tertiary/aromatic N) is 1. The van der Waals surface area contributed by atoms with Crippen LogP contribution in [0.3, 0.4) is 0 Å². The summed E-state index contributed by atoms with van der Waals surface area (Å²) in [4.78, 5) is 2.32. The lowest BCUT2D eigenvalue weighted by atomic mass is 10.1. The van der Waals surface area contributed by atoms with E-state index >= 15 is 0 Å². The summed E-state index contributed by atoms with van der Waals surface area (Å²) in [6.07, 6.45) is 2.53. The highest BCUT2D eigenvalue weighted by molar-refractivity contribution is 6.42. The molecule has 0 fully saturated rings. The van der Waals surface area contributed by atoms with Crippen LogP contribution in [0.5, 0.6) is 0 Å². The zero-order chi connectivity index (χ0) is 12.8. The lowest BCUT2D eigenvalue weighted by Crippen LogP contribution is -2.19. The Labute approximate surface area is 115 Å². The molecule has 0 aromatic heterocycles. The molecular formula is C14H21Cl2N. The monoisotopic (exact) mass is 273 g/mol. The van der Waals surface area contributed by atoms with Crippen molar-refractivity contribution in [1.82, 2.24) is 4.90 Å². The Hall–Kier alpha value is -0.240. The minimum atomic E-state index is 0.623. The third-order valence-electron chi connectivity index (χ3n) is 2.76. The van der Waals surface area contributed by atoms with Crippen molar-refractivity contribution in [3.05, 3.63) is 33.8 Å². The average molecular weight is 274 g/mol. The second kappa shape index (κ2) is 7.25. The predicted molar refractivity (Wildman–Crippen MR) is 76.9 cm³/mol. The molecule has 3 heteroatoms. The highest BCUT2D eigenvalue weighted by Crippen LogP contribution is 2.23. The molecule has 0 bridgehead atoms. The number of hydrogen-bond acceptors (Lipinski definition) is 1. The molecule has 0 spiro atoms. The lowest BCUT2D eigenvalue weighted by Gasteiger charge is -2.17. The van der Waals surface area contributed by atoms with Gasteiger partial charge in [-0.05, 0) is 50.0 Å². The van der Waals surface area contributed by atoms with Crippen LogP contribution in [-0.4, -0.2) is 18.5 Å². The SMILES string of the molecule is CC(C)CCCN(C)Cc1ccc(Cl)c(Cl)c1. The number of benzene rings is 1. The van der Waals surface area contributed by atoms with Crippen LogP contribution in [0.15, 0.2) is 18.2 Å². The van der Waals surface area contributed by atoms with Gasteiger partial charge in [0, 0.05) is 6.54 Å². The van der Waals surface area contributed by atoms with Gasteiger partial charge in [0.1, 0.15) is 0 Å². The van der Waals surface area contributed by atoms with Gasteiger partial charge in [0.15, 0.2) is 0 Å². The van der Waals surface area contributed by atoms with E-state index in [2.05, 4.69) is 25.8 Å². The quantitative estimate of drug-likeness (QED) is 0.716. The predicted octanol–water partition coefficient (Wildman–Crippen LogP) is 4.86. The van der Waals surface area contributed by atoms with E-state index < -0.39 is 0 Å². The maximum atomic E-state index is 5.99. The molecule has 0 amide bonds. The van der Waals surface area contributed by atoms with Gasteiger partial charge in [-0.15, -0.1) is 0 Å². The summed E-state index contributed by atoms with van der Waals surface area (Å²) in [5.74, 6) is 0.786. The van der Waals surface area contributed by atoms with Crippen molar-refractivity contribution in [2.24, 2.45) is 5.92 Å². The van der Waals surface area contributed by atoms with Crippen molar-refractivity contribution >= 4 is 23.2 Å². The third-order valence-corrected chi connectivity index (χ3v) is 3.50. The minimum Gasteiger partial charge on any atom is -0.302 e. The van der Waals surface area contributed by atoms with E-state index in [1.165, 1.54) is 18.4 Å². The Morgan fingerprint density at radius 2 is 1.88 bits per heavy atom. The van der Waals surface area contributed by atoms with Crippen LogP contribution in [0.1, 0.15) is 32.3 Å². The van der Waals surface area contributed by atoms with Gasteiger partial charge >= 0.3 is 0 Å². The highest BCUT2D eigenvalue weighted by Gasteiger charge is 2.04. The second-order valence-corrected chi connectivity index (χ2v) is 5.84. The molecule has 0 aliphatic heterocycles. The molecule has 17 heavy (non-hydrogen) atoms. The molecule has 0 atom stereocenters. The zero-order valence-corrected chi connectivity index (χ0v) is 12.4. The van der Waals surface area contributed by atoms with E-state index in [-0.39, 0.29) is 0 Å². The molecule has 0 aliphatic carbocycles. The van der Waals surface area contributed by atoms with E-state index in [0.717, 1.165) is 19.0 Å². The Morgan fingerprint density at radius 1 is 1.18 bits per heavy atom. The van der Waals surface area contributed by atoms with Gasteiger partial charge in [0.05, 0.1) is 10.0 Å². The normalized spacial score (nSPS) is 11.5. The smallest absolute Gasteiger partial charge is 0.0595 e. The molecule has 96 valence electrons. The Balaban J connectivity index is 2.39. The summed E-state index contributed by atoms with van der Waals surface area (Å²) >= 11 is 11.9. The first-order valence-corrected chi connectivity index (χ1v) is 6.87.